The van der Waals surface area contributed by atoms with Crippen LogP contribution < -0.4 is 5.32 Å². The van der Waals surface area contributed by atoms with Crippen LogP contribution in [0.3, 0.4) is 0 Å². The van der Waals surface area contributed by atoms with E-state index in [4.69, 9.17) is 10.00 Å². The Kier molecular flexibility index (Phi) is 4.51. The number of carbonyl (C=O) groups is 1. The van der Waals surface area contributed by atoms with Crippen LogP contribution in [0.15, 0.2) is 0 Å². The molecule has 0 aromatic heterocycles. The van der Waals surface area contributed by atoms with Crippen molar-refractivity contribution in [1.82, 2.24) is 5.32 Å². The average molecular weight is 268 g/mol. The molecule has 0 unspecified atom stereocenters. The van der Waals surface area contributed by atoms with Gasteiger partial charge in [-0.3, -0.25) is 4.79 Å². The zero-order valence-electron chi connectivity index (χ0n) is 9.39. The number of nitrogens with one attached hydrogen (secondary N) is 1. The van der Waals surface area contributed by atoms with Crippen molar-refractivity contribution >= 4 is 5.91 Å². The van der Waals surface area contributed by atoms with Gasteiger partial charge < -0.3 is 10.1 Å². The standard InChI is InChI=1S/C10H12F4N2O2/c11-7(12)10(13,14)6-16-8(17)9(5-15)1-3-18-4-2-9/h7H,1-4,6H2,(H,16,17). The Morgan fingerprint density at radius 1 is 1.44 bits per heavy atom. The van der Waals surface area contributed by atoms with Crippen molar-refractivity contribution in [2.75, 3.05) is 19.8 Å². The first-order valence-electron chi connectivity index (χ1n) is 5.27. The number of hydrogen-bond donors (Lipinski definition) is 1. The molecule has 1 heterocycles. The van der Waals surface area contributed by atoms with E-state index in [1.165, 1.54) is 0 Å². The van der Waals surface area contributed by atoms with Crippen LogP contribution in [-0.2, 0) is 9.53 Å². The first kappa shape index (κ1) is 14.7. The van der Waals surface area contributed by atoms with Crippen LogP contribution in [0.25, 0.3) is 0 Å². The molecule has 1 N–H and O–H groups in total. The fourth-order valence-corrected chi connectivity index (χ4v) is 1.55. The predicted octanol–water partition coefficient (Wildman–Crippen LogP) is 1.32. The molecule has 0 saturated carbocycles. The minimum Gasteiger partial charge on any atom is -0.381 e. The Balaban J connectivity index is 2.62. The van der Waals surface area contributed by atoms with E-state index < -0.39 is 30.2 Å². The highest BCUT2D eigenvalue weighted by Crippen LogP contribution is 2.30. The quantitative estimate of drug-likeness (QED) is 0.782. The van der Waals surface area contributed by atoms with Crippen LogP contribution in [0, 0.1) is 16.7 Å². The van der Waals surface area contributed by atoms with E-state index in [1.807, 2.05) is 0 Å². The van der Waals surface area contributed by atoms with Gasteiger partial charge in [-0.2, -0.15) is 14.0 Å². The summed E-state index contributed by atoms with van der Waals surface area (Å²) in [5.74, 6) is -5.24. The molecule has 1 saturated heterocycles. The van der Waals surface area contributed by atoms with Gasteiger partial charge in [-0.15, -0.1) is 0 Å². The maximum atomic E-state index is 12.6. The van der Waals surface area contributed by atoms with E-state index in [1.54, 1.807) is 11.4 Å². The lowest BCUT2D eigenvalue weighted by Crippen LogP contribution is -2.49. The van der Waals surface area contributed by atoms with Gasteiger partial charge in [-0.1, -0.05) is 0 Å². The zero-order valence-corrected chi connectivity index (χ0v) is 9.39. The van der Waals surface area contributed by atoms with Crippen molar-refractivity contribution in [2.24, 2.45) is 5.41 Å². The Bertz CT molecular complexity index is 348. The lowest BCUT2D eigenvalue weighted by molar-refractivity contribution is -0.143. The number of carbonyl (C=O) groups excluding carboxylic acids is 1. The predicted molar refractivity (Wildman–Crippen MR) is 52.1 cm³/mol. The first-order chi connectivity index (χ1) is 8.34. The van der Waals surface area contributed by atoms with Crippen LogP contribution in [0.4, 0.5) is 17.6 Å². The lowest BCUT2D eigenvalue weighted by atomic mass is 9.81. The second kappa shape index (κ2) is 5.52. The summed E-state index contributed by atoms with van der Waals surface area (Å²) in [5, 5.41) is 10.7. The number of alkyl halides is 4. The van der Waals surface area contributed by atoms with E-state index >= 15 is 0 Å². The van der Waals surface area contributed by atoms with Crippen molar-refractivity contribution in [3.8, 4) is 6.07 Å². The fraction of sp³-hybridized carbons (Fsp3) is 0.800. The molecule has 1 aliphatic rings. The van der Waals surface area contributed by atoms with Crippen molar-refractivity contribution in [3.05, 3.63) is 0 Å². The zero-order chi connectivity index (χ0) is 13.8. The SMILES string of the molecule is N#CC1(C(=O)NCC(F)(F)C(F)F)CCOCC1. The molecule has 0 atom stereocenters. The van der Waals surface area contributed by atoms with E-state index in [9.17, 15) is 22.4 Å². The van der Waals surface area contributed by atoms with Gasteiger partial charge in [0.1, 0.15) is 5.41 Å². The molecule has 0 radical (unpaired) electrons. The van der Waals surface area contributed by atoms with Crippen molar-refractivity contribution < 1.29 is 27.1 Å². The van der Waals surface area contributed by atoms with E-state index in [0.29, 0.717) is 0 Å². The maximum absolute atomic E-state index is 12.6. The third-order valence-corrected chi connectivity index (χ3v) is 2.80. The molecule has 4 nitrogen and oxygen atoms in total. The highest BCUT2D eigenvalue weighted by atomic mass is 19.3. The largest absolute Gasteiger partial charge is 0.381 e. The van der Waals surface area contributed by atoms with Crippen molar-refractivity contribution in [1.29, 1.82) is 5.26 Å². The summed E-state index contributed by atoms with van der Waals surface area (Å²) in [5.41, 5.74) is -1.46. The number of ether oxygens (including phenoxy) is 1. The summed E-state index contributed by atoms with van der Waals surface area (Å²) in [6, 6.07) is 1.76. The van der Waals surface area contributed by atoms with E-state index in [2.05, 4.69) is 0 Å². The van der Waals surface area contributed by atoms with Gasteiger partial charge in [-0.05, 0) is 12.8 Å². The Morgan fingerprint density at radius 3 is 2.44 bits per heavy atom. The molecule has 1 amide bonds. The summed E-state index contributed by atoms with van der Waals surface area (Å²) in [4.78, 5) is 11.7. The van der Waals surface area contributed by atoms with Crippen molar-refractivity contribution in [2.45, 2.75) is 25.2 Å². The summed E-state index contributed by atoms with van der Waals surface area (Å²) in [6.45, 7) is -1.16. The van der Waals surface area contributed by atoms with E-state index in [0.717, 1.165) is 0 Å². The molecule has 0 aliphatic carbocycles. The maximum Gasteiger partial charge on any atom is 0.324 e. The second-order valence-corrected chi connectivity index (χ2v) is 4.05. The third kappa shape index (κ3) is 3.10. The van der Waals surface area contributed by atoms with E-state index in [-0.39, 0.29) is 26.1 Å². The molecule has 1 fully saturated rings. The number of nitriles is 1. The highest BCUT2D eigenvalue weighted by molar-refractivity contribution is 5.85. The van der Waals surface area contributed by atoms with Crippen LogP contribution >= 0.6 is 0 Å². The second-order valence-electron chi connectivity index (χ2n) is 4.05. The van der Waals surface area contributed by atoms with Gasteiger partial charge in [0.25, 0.3) is 0 Å². The van der Waals surface area contributed by atoms with Crippen LogP contribution in [0.1, 0.15) is 12.8 Å². The Hall–Kier alpha value is -1.36. The molecule has 1 rings (SSSR count). The number of amides is 1. The monoisotopic (exact) mass is 268 g/mol. The summed E-state index contributed by atoms with van der Waals surface area (Å²) >= 11 is 0. The lowest BCUT2D eigenvalue weighted by Gasteiger charge is -2.29. The molecule has 8 heteroatoms. The highest BCUT2D eigenvalue weighted by Gasteiger charge is 2.45. The van der Waals surface area contributed by atoms with Gasteiger partial charge in [0.2, 0.25) is 5.91 Å². The van der Waals surface area contributed by atoms with Crippen molar-refractivity contribution in [3.63, 3.8) is 0 Å². The van der Waals surface area contributed by atoms with Gasteiger partial charge in [-0.25, -0.2) is 8.78 Å². The van der Waals surface area contributed by atoms with Crippen LogP contribution in [0.2, 0.25) is 0 Å². The summed E-state index contributed by atoms with van der Waals surface area (Å²) in [7, 11) is 0. The number of nitrogens with zero attached hydrogens (tertiary/aromatic N) is 1. The molecule has 0 spiro atoms. The average Bonchev–Trinajstić information content (AvgIpc) is 2.36. The minimum atomic E-state index is -4.29. The van der Waals surface area contributed by atoms with Gasteiger partial charge in [0.05, 0.1) is 12.6 Å². The molecule has 102 valence electrons. The summed E-state index contributed by atoms with van der Waals surface area (Å²) in [6.07, 6.45) is -3.73. The van der Waals surface area contributed by atoms with Gasteiger partial charge in [0.15, 0.2) is 0 Å². The van der Waals surface area contributed by atoms with Gasteiger partial charge in [0, 0.05) is 13.2 Å². The van der Waals surface area contributed by atoms with Crippen LogP contribution in [0.5, 0.6) is 0 Å². The third-order valence-electron chi connectivity index (χ3n) is 2.80. The molecular weight excluding hydrogens is 256 g/mol. The molecule has 0 aromatic rings. The smallest absolute Gasteiger partial charge is 0.324 e. The fourth-order valence-electron chi connectivity index (χ4n) is 1.55. The molecule has 1 aliphatic heterocycles. The minimum absolute atomic E-state index is 0.0651. The first-order valence-corrected chi connectivity index (χ1v) is 5.27. The molecule has 0 bridgehead atoms. The summed E-state index contributed by atoms with van der Waals surface area (Å²) < 4.78 is 54.0. The topological polar surface area (TPSA) is 62.1 Å². The molecule has 18 heavy (non-hydrogen) atoms. The van der Waals surface area contributed by atoms with Crippen LogP contribution in [-0.4, -0.2) is 38.0 Å². The molecule has 0 aromatic carbocycles. The molecular formula is C10H12F4N2O2. The van der Waals surface area contributed by atoms with Gasteiger partial charge >= 0.3 is 12.3 Å². The normalized spacial score (nSPS) is 19.3. The number of halogens is 4. The Labute approximate surface area is 101 Å². The Morgan fingerprint density at radius 2 is 2.00 bits per heavy atom. The number of rotatable bonds is 4. The number of hydrogen-bond acceptors (Lipinski definition) is 3.